The SMILES string of the molecule is CC1S[C@@H]2C(N3C(=O)C(c4ccccc4)NC3(C)C)C(=O)N2C=C1C(=O)O. The number of β-lactam (4-membered cyclic amide) rings is 1. The predicted octanol–water partition coefficient (Wildman–Crippen LogP) is 1.54. The zero-order chi connectivity index (χ0) is 19.5. The van der Waals surface area contributed by atoms with E-state index in [0.717, 1.165) is 5.56 Å². The van der Waals surface area contributed by atoms with E-state index in [4.69, 9.17) is 0 Å². The Bertz CT molecular complexity index is 854. The van der Waals surface area contributed by atoms with Crippen LogP contribution in [0.4, 0.5) is 0 Å². The summed E-state index contributed by atoms with van der Waals surface area (Å²) in [5.74, 6) is -1.39. The van der Waals surface area contributed by atoms with Crippen LogP contribution in [0.3, 0.4) is 0 Å². The van der Waals surface area contributed by atoms with Crippen LogP contribution in [0.2, 0.25) is 0 Å². The van der Waals surface area contributed by atoms with Gasteiger partial charge in [0.05, 0.1) is 11.2 Å². The highest BCUT2D eigenvalue weighted by molar-refractivity contribution is 8.00. The van der Waals surface area contributed by atoms with Gasteiger partial charge in [0, 0.05) is 11.4 Å². The predicted molar refractivity (Wildman–Crippen MR) is 100 cm³/mol. The van der Waals surface area contributed by atoms with Crippen molar-refractivity contribution in [1.82, 2.24) is 15.1 Å². The molecule has 0 aromatic heterocycles. The Balaban J connectivity index is 1.63. The highest BCUT2D eigenvalue weighted by Crippen LogP contribution is 2.45. The van der Waals surface area contributed by atoms with Gasteiger partial charge in [0.2, 0.25) is 5.91 Å². The van der Waals surface area contributed by atoms with Crippen LogP contribution in [-0.4, -0.2) is 55.0 Å². The number of hydrogen-bond donors (Lipinski definition) is 2. The molecule has 3 aliphatic heterocycles. The minimum atomic E-state index is -1.02. The van der Waals surface area contributed by atoms with Crippen molar-refractivity contribution >= 4 is 29.5 Å². The summed E-state index contributed by atoms with van der Waals surface area (Å²) in [6.07, 6.45) is 1.42. The number of carboxylic acids is 1. The zero-order valence-corrected chi connectivity index (χ0v) is 16.1. The molecular formula is C19H21N3O4S. The van der Waals surface area contributed by atoms with Gasteiger partial charge in [0.15, 0.2) is 0 Å². The normalized spacial score (nSPS) is 32.0. The minimum Gasteiger partial charge on any atom is -0.478 e. The molecule has 1 aromatic rings. The first kappa shape index (κ1) is 18.1. The number of aliphatic carboxylic acids is 1. The first-order chi connectivity index (χ1) is 12.7. The molecule has 0 saturated carbocycles. The van der Waals surface area contributed by atoms with Crippen molar-refractivity contribution < 1.29 is 19.5 Å². The van der Waals surface area contributed by atoms with Crippen molar-refractivity contribution in [2.45, 2.75) is 49.1 Å². The number of carbonyl (C=O) groups is 3. The Labute approximate surface area is 161 Å². The van der Waals surface area contributed by atoms with Crippen LogP contribution >= 0.6 is 11.8 Å². The van der Waals surface area contributed by atoms with E-state index >= 15 is 0 Å². The van der Waals surface area contributed by atoms with Gasteiger partial charge in [0.25, 0.3) is 5.91 Å². The first-order valence-corrected chi connectivity index (χ1v) is 9.75. The summed E-state index contributed by atoms with van der Waals surface area (Å²) in [5, 5.41) is 12.1. The van der Waals surface area contributed by atoms with Gasteiger partial charge in [-0.1, -0.05) is 30.3 Å². The summed E-state index contributed by atoms with van der Waals surface area (Å²) in [7, 11) is 0. The third-order valence-electron chi connectivity index (χ3n) is 5.35. The topological polar surface area (TPSA) is 90.0 Å². The highest BCUT2D eigenvalue weighted by Gasteiger charge is 2.60. The second-order valence-corrected chi connectivity index (χ2v) is 8.97. The second-order valence-electron chi connectivity index (χ2n) is 7.50. The van der Waals surface area contributed by atoms with Gasteiger partial charge >= 0.3 is 5.97 Å². The van der Waals surface area contributed by atoms with Crippen molar-refractivity contribution in [2.24, 2.45) is 0 Å². The Morgan fingerprint density at radius 1 is 1.19 bits per heavy atom. The molecule has 1 aromatic carbocycles. The number of carbonyl (C=O) groups excluding carboxylic acids is 2. The van der Waals surface area contributed by atoms with E-state index in [1.54, 1.807) is 4.90 Å². The zero-order valence-electron chi connectivity index (χ0n) is 15.2. The van der Waals surface area contributed by atoms with E-state index in [9.17, 15) is 19.5 Å². The molecule has 27 heavy (non-hydrogen) atoms. The van der Waals surface area contributed by atoms with Crippen molar-refractivity contribution in [1.29, 1.82) is 0 Å². The number of fused-ring (bicyclic) bond motifs is 1. The summed E-state index contributed by atoms with van der Waals surface area (Å²) in [5.41, 5.74) is 0.375. The van der Waals surface area contributed by atoms with Gasteiger partial charge < -0.3 is 14.9 Å². The number of amides is 2. The Morgan fingerprint density at radius 2 is 1.85 bits per heavy atom. The monoisotopic (exact) mass is 387 g/mol. The largest absolute Gasteiger partial charge is 0.478 e. The van der Waals surface area contributed by atoms with Crippen LogP contribution < -0.4 is 5.32 Å². The molecule has 4 rings (SSSR count). The van der Waals surface area contributed by atoms with E-state index in [0.29, 0.717) is 0 Å². The molecule has 8 heteroatoms. The van der Waals surface area contributed by atoms with Crippen LogP contribution in [0.25, 0.3) is 0 Å². The average Bonchev–Trinajstić information content (AvgIpc) is 2.86. The quantitative estimate of drug-likeness (QED) is 0.765. The lowest BCUT2D eigenvalue weighted by atomic mass is 10.0. The van der Waals surface area contributed by atoms with Crippen LogP contribution in [0.1, 0.15) is 32.4 Å². The summed E-state index contributed by atoms with van der Waals surface area (Å²) >= 11 is 1.41. The third-order valence-corrected chi connectivity index (χ3v) is 6.78. The molecule has 2 fully saturated rings. The number of nitrogens with one attached hydrogen (secondary N) is 1. The molecule has 2 amide bonds. The molecule has 3 unspecified atom stereocenters. The van der Waals surface area contributed by atoms with Crippen LogP contribution in [0.15, 0.2) is 42.1 Å². The van der Waals surface area contributed by atoms with Gasteiger partial charge in [-0.15, -0.1) is 11.8 Å². The Hall–Kier alpha value is -2.32. The number of benzene rings is 1. The fraction of sp³-hybridized carbons (Fsp3) is 0.421. The second kappa shape index (κ2) is 6.10. The van der Waals surface area contributed by atoms with Gasteiger partial charge in [-0.3, -0.25) is 14.9 Å². The summed E-state index contributed by atoms with van der Waals surface area (Å²) in [4.78, 5) is 40.4. The van der Waals surface area contributed by atoms with Gasteiger partial charge in [0.1, 0.15) is 17.5 Å². The van der Waals surface area contributed by atoms with E-state index in [-0.39, 0.29) is 28.0 Å². The standard InChI is InChI=1S/C19H21N3O4S/c1-10-12(18(25)26)9-21-16(24)14(17(21)27-10)22-15(23)13(20-19(22,2)3)11-7-5-4-6-8-11/h4-10,13-14,17,20H,1-3H3,(H,25,26)/t10?,13?,14?,17-/m1/s1. The molecule has 4 atom stereocenters. The van der Waals surface area contributed by atoms with Crippen molar-refractivity contribution in [3.05, 3.63) is 47.7 Å². The van der Waals surface area contributed by atoms with Crippen molar-refractivity contribution in [3.8, 4) is 0 Å². The Morgan fingerprint density at radius 3 is 2.48 bits per heavy atom. The fourth-order valence-corrected chi connectivity index (χ4v) is 5.42. The number of hydrogen-bond acceptors (Lipinski definition) is 5. The fourth-order valence-electron chi connectivity index (χ4n) is 4.01. The minimum absolute atomic E-state index is 0.134. The third kappa shape index (κ3) is 2.66. The van der Waals surface area contributed by atoms with Crippen LogP contribution in [0.5, 0.6) is 0 Å². The lowest BCUT2D eigenvalue weighted by Gasteiger charge is -2.53. The molecule has 2 N–H and O–H groups in total. The molecule has 0 aliphatic carbocycles. The lowest BCUT2D eigenvalue weighted by molar-refractivity contribution is -0.159. The van der Waals surface area contributed by atoms with Crippen LogP contribution in [-0.2, 0) is 14.4 Å². The number of carboxylic acid groups (broad SMARTS) is 1. The first-order valence-electron chi connectivity index (χ1n) is 8.81. The summed E-state index contributed by atoms with van der Waals surface area (Å²) < 4.78 is 0. The molecular weight excluding hydrogens is 366 g/mol. The van der Waals surface area contributed by atoms with Gasteiger partial charge in [-0.2, -0.15) is 0 Å². The number of rotatable bonds is 3. The maximum absolute atomic E-state index is 13.2. The maximum Gasteiger partial charge on any atom is 0.334 e. The molecule has 0 bridgehead atoms. The average molecular weight is 387 g/mol. The number of nitrogens with zero attached hydrogens (tertiary/aromatic N) is 2. The van der Waals surface area contributed by atoms with Crippen LogP contribution in [0, 0.1) is 0 Å². The van der Waals surface area contributed by atoms with Crippen molar-refractivity contribution in [2.75, 3.05) is 0 Å². The van der Waals surface area contributed by atoms with Crippen molar-refractivity contribution in [3.63, 3.8) is 0 Å². The maximum atomic E-state index is 13.2. The molecule has 7 nitrogen and oxygen atoms in total. The number of thioether (sulfide) groups is 1. The van der Waals surface area contributed by atoms with E-state index in [1.165, 1.54) is 22.9 Å². The van der Waals surface area contributed by atoms with E-state index in [2.05, 4.69) is 5.32 Å². The van der Waals surface area contributed by atoms with E-state index < -0.39 is 23.7 Å². The molecule has 3 heterocycles. The molecule has 3 aliphatic rings. The van der Waals surface area contributed by atoms with E-state index in [1.807, 2.05) is 51.1 Å². The highest BCUT2D eigenvalue weighted by atomic mass is 32.2. The smallest absolute Gasteiger partial charge is 0.334 e. The molecule has 2 saturated heterocycles. The lowest BCUT2D eigenvalue weighted by Crippen LogP contribution is -2.72. The van der Waals surface area contributed by atoms with Gasteiger partial charge in [-0.25, -0.2) is 4.79 Å². The molecule has 0 radical (unpaired) electrons. The summed E-state index contributed by atoms with van der Waals surface area (Å²) in [6, 6.07) is 8.34. The summed E-state index contributed by atoms with van der Waals surface area (Å²) in [6.45, 7) is 5.59. The van der Waals surface area contributed by atoms with Gasteiger partial charge in [-0.05, 0) is 26.3 Å². The molecule has 142 valence electrons. The molecule has 0 spiro atoms. The Kier molecular flexibility index (Phi) is 4.08.